The van der Waals surface area contributed by atoms with E-state index in [1.807, 2.05) is 24.3 Å². The van der Waals surface area contributed by atoms with E-state index in [4.69, 9.17) is 9.47 Å². The Kier molecular flexibility index (Phi) is 5.24. The molecule has 2 aromatic carbocycles. The first kappa shape index (κ1) is 14.7. The van der Waals surface area contributed by atoms with Crippen LogP contribution in [0.2, 0.25) is 0 Å². The molecule has 1 N–H and O–H groups in total. The molecule has 0 saturated carbocycles. The minimum atomic E-state index is -0.286. The normalized spacial score (nSPS) is 10.2. The molecule has 0 aliphatic carbocycles. The molecule has 0 unspecified atom stereocenters. The minimum Gasteiger partial charge on any atom is -0.497 e. The molecule has 2 aromatic rings. The van der Waals surface area contributed by atoms with Crippen molar-refractivity contribution in [1.29, 1.82) is 0 Å². The van der Waals surface area contributed by atoms with Crippen molar-refractivity contribution in [3.63, 3.8) is 0 Å². The fourth-order valence-electron chi connectivity index (χ4n) is 1.64. The zero-order valence-electron chi connectivity index (χ0n) is 11.0. The topological polar surface area (TPSA) is 30.5 Å². The maximum Gasteiger partial charge on any atom is 0.139 e. The standard InChI is InChI=1S/C15H15BrFNO2/c1-19-12-3-5-13(6-4-12)20-9-8-18-11-2-7-14(16)15(17)10-11/h2-7,10,18H,8-9H2,1H3. The zero-order chi connectivity index (χ0) is 14.4. The molecule has 0 spiro atoms. The number of benzene rings is 2. The average Bonchev–Trinajstić information content (AvgIpc) is 2.48. The van der Waals surface area contributed by atoms with Gasteiger partial charge in [-0.25, -0.2) is 4.39 Å². The molecule has 106 valence electrons. The van der Waals surface area contributed by atoms with Crippen molar-refractivity contribution in [2.75, 3.05) is 25.6 Å². The summed E-state index contributed by atoms with van der Waals surface area (Å²) in [7, 11) is 1.62. The first-order valence-electron chi connectivity index (χ1n) is 6.15. The lowest BCUT2D eigenvalue weighted by atomic mass is 10.3. The van der Waals surface area contributed by atoms with Gasteiger partial charge in [-0.2, -0.15) is 0 Å². The fourth-order valence-corrected chi connectivity index (χ4v) is 1.89. The van der Waals surface area contributed by atoms with Gasteiger partial charge in [0.1, 0.15) is 23.9 Å². The van der Waals surface area contributed by atoms with Crippen molar-refractivity contribution < 1.29 is 13.9 Å². The first-order chi connectivity index (χ1) is 9.69. The second kappa shape index (κ2) is 7.14. The van der Waals surface area contributed by atoms with Crippen LogP contribution in [0.4, 0.5) is 10.1 Å². The van der Waals surface area contributed by atoms with Crippen LogP contribution in [-0.4, -0.2) is 20.3 Å². The van der Waals surface area contributed by atoms with Crippen molar-refractivity contribution in [3.05, 3.63) is 52.8 Å². The summed E-state index contributed by atoms with van der Waals surface area (Å²) in [5.74, 6) is 1.28. The predicted octanol–water partition coefficient (Wildman–Crippen LogP) is 4.09. The molecule has 0 radical (unpaired) electrons. The number of anilines is 1. The second-order valence-corrected chi connectivity index (χ2v) is 4.93. The van der Waals surface area contributed by atoms with Crippen LogP contribution in [0.25, 0.3) is 0 Å². The van der Waals surface area contributed by atoms with Crippen LogP contribution < -0.4 is 14.8 Å². The van der Waals surface area contributed by atoms with Crippen LogP contribution in [0.15, 0.2) is 46.9 Å². The lowest BCUT2D eigenvalue weighted by molar-refractivity contribution is 0.331. The number of ether oxygens (including phenoxy) is 2. The Morgan fingerprint density at radius 2 is 1.80 bits per heavy atom. The quantitative estimate of drug-likeness (QED) is 0.804. The second-order valence-electron chi connectivity index (χ2n) is 4.08. The van der Waals surface area contributed by atoms with Crippen LogP contribution in [0, 0.1) is 5.82 Å². The Bertz CT molecular complexity index is 560. The van der Waals surface area contributed by atoms with Crippen LogP contribution in [0.5, 0.6) is 11.5 Å². The van der Waals surface area contributed by atoms with Gasteiger partial charge in [-0.3, -0.25) is 0 Å². The van der Waals surface area contributed by atoms with Gasteiger partial charge in [0, 0.05) is 12.2 Å². The van der Waals surface area contributed by atoms with E-state index < -0.39 is 0 Å². The van der Waals surface area contributed by atoms with E-state index in [0.29, 0.717) is 17.6 Å². The molecular weight excluding hydrogens is 325 g/mol. The molecule has 0 aromatic heterocycles. The lowest BCUT2D eigenvalue weighted by Gasteiger charge is -2.09. The van der Waals surface area contributed by atoms with Gasteiger partial charge in [-0.1, -0.05) is 0 Å². The molecule has 0 atom stereocenters. The third-order valence-corrected chi connectivity index (χ3v) is 3.32. The Morgan fingerprint density at radius 1 is 1.10 bits per heavy atom. The number of methoxy groups -OCH3 is 1. The Morgan fingerprint density at radius 3 is 2.45 bits per heavy atom. The molecule has 0 saturated heterocycles. The SMILES string of the molecule is COc1ccc(OCCNc2ccc(Br)c(F)c2)cc1. The zero-order valence-corrected chi connectivity index (χ0v) is 12.6. The number of hydrogen-bond acceptors (Lipinski definition) is 3. The third-order valence-electron chi connectivity index (χ3n) is 2.68. The molecule has 0 heterocycles. The summed E-state index contributed by atoms with van der Waals surface area (Å²) in [6.45, 7) is 1.08. The average molecular weight is 340 g/mol. The van der Waals surface area contributed by atoms with E-state index in [1.165, 1.54) is 6.07 Å². The maximum atomic E-state index is 13.3. The van der Waals surface area contributed by atoms with Gasteiger partial charge in [0.15, 0.2) is 0 Å². The van der Waals surface area contributed by atoms with E-state index in [-0.39, 0.29) is 5.82 Å². The summed E-state index contributed by atoms with van der Waals surface area (Å²) in [6.07, 6.45) is 0. The van der Waals surface area contributed by atoms with Gasteiger partial charge in [0.25, 0.3) is 0 Å². The molecule has 5 heteroatoms. The molecule has 0 amide bonds. The molecule has 0 bridgehead atoms. The Labute approximate surface area is 125 Å². The van der Waals surface area contributed by atoms with Crippen LogP contribution in [0.1, 0.15) is 0 Å². The van der Waals surface area contributed by atoms with Gasteiger partial charge in [0.2, 0.25) is 0 Å². The summed E-state index contributed by atoms with van der Waals surface area (Å²) in [5, 5.41) is 3.09. The highest BCUT2D eigenvalue weighted by Gasteiger charge is 2.00. The number of rotatable bonds is 6. The van der Waals surface area contributed by atoms with Crippen LogP contribution in [-0.2, 0) is 0 Å². The summed E-state index contributed by atoms with van der Waals surface area (Å²) >= 11 is 3.12. The molecule has 3 nitrogen and oxygen atoms in total. The van der Waals surface area contributed by atoms with Gasteiger partial charge in [0.05, 0.1) is 11.6 Å². The van der Waals surface area contributed by atoms with Gasteiger partial charge in [-0.15, -0.1) is 0 Å². The molecular formula is C15H15BrFNO2. The van der Waals surface area contributed by atoms with Crippen LogP contribution in [0.3, 0.4) is 0 Å². The molecule has 2 rings (SSSR count). The van der Waals surface area contributed by atoms with E-state index in [9.17, 15) is 4.39 Å². The lowest BCUT2D eigenvalue weighted by Crippen LogP contribution is -2.11. The Hall–Kier alpha value is -1.75. The minimum absolute atomic E-state index is 0.286. The van der Waals surface area contributed by atoms with Crippen molar-refractivity contribution in [2.24, 2.45) is 0 Å². The highest BCUT2D eigenvalue weighted by molar-refractivity contribution is 9.10. The predicted molar refractivity (Wildman–Crippen MR) is 81.1 cm³/mol. The van der Waals surface area contributed by atoms with Gasteiger partial charge < -0.3 is 14.8 Å². The maximum absolute atomic E-state index is 13.3. The number of halogens is 2. The monoisotopic (exact) mass is 339 g/mol. The summed E-state index contributed by atoms with van der Waals surface area (Å²) in [5.41, 5.74) is 0.726. The molecule has 0 fully saturated rings. The van der Waals surface area contributed by atoms with Gasteiger partial charge >= 0.3 is 0 Å². The summed E-state index contributed by atoms with van der Waals surface area (Å²) in [6, 6.07) is 12.3. The third kappa shape index (κ3) is 4.13. The van der Waals surface area contributed by atoms with E-state index in [1.54, 1.807) is 19.2 Å². The van der Waals surface area contributed by atoms with Crippen LogP contribution >= 0.6 is 15.9 Å². The van der Waals surface area contributed by atoms with Crippen molar-refractivity contribution in [1.82, 2.24) is 0 Å². The smallest absolute Gasteiger partial charge is 0.139 e. The largest absolute Gasteiger partial charge is 0.497 e. The molecule has 0 aliphatic rings. The molecule has 20 heavy (non-hydrogen) atoms. The fraction of sp³-hybridized carbons (Fsp3) is 0.200. The van der Waals surface area contributed by atoms with Crippen molar-refractivity contribution >= 4 is 21.6 Å². The highest BCUT2D eigenvalue weighted by Crippen LogP contribution is 2.19. The van der Waals surface area contributed by atoms with Crippen molar-refractivity contribution in [2.45, 2.75) is 0 Å². The van der Waals surface area contributed by atoms with Crippen molar-refractivity contribution in [3.8, 4) is 11.5 Å². The van der Waals surface area contributed by atoms with E-state index in [0.717, 1.165) is 17.2 Å². The Balaban J connectivity index is 1.76. The van der Waals surface area contributed by atoms with Gasteiger partial charge in [-0.05, 0) is 58.4 Å². The molecule has 0 aliphatic heterocycles. The number of nitrogens with one attached hydrogen (secondary N) is 1. The van der Waals surface area contributed by atoms with E-state index >= 15 is 0 Å². The summed E-state index contributed by atoms with van der Waals surface area (Å²) in [4.78, 5) is 0. The number of hydrogen-bond donors (Lipinski definition) is 1. The highest BCUT2D eigenvalue weighted by atomic mass is 79.9. The summed E-state index contributed by atoms with van der Waals surface area (Å²) < 4.78 is 24.4. The first-order valence-corrected chi connectivity index (χ1v) is 6.94. The van der Waals surface area contributed by atoms with E-state index in [2.05, 4.69) is 21.2 Å².